The third-order valence-electron chi connectivity index (χ3n) is 5.15. The van der Waals surface area contributed by atoms with Gasteiger partial charge in [0.15, 0.2) is 0 Å². The van der Waals surface area contributed by atoms with Gasteiger partial charge in [0.1, 0.15) is 6.67 Å². The van der Waals surface area contributed by atoms with Crippen molar-refractivity contribution in [3.05, 3.63) is 0 Å². The fraction of sp³-hybridized carbons (Fsp3) is 0.933. The van der Waals surface area contributed by atoms with Crippen LogP contribution >= 0.6 is 0 Å². The quantitative estimate of drug-likeness (QED) is 0.784. The molecule has 1 amide bonds. The highest BCUT2D eigenvalue weighted by Crippen LogP contribution is 2.39. The van der Waals surface area contributed by atoms with Crippen LogP contribution in [-0.4, -0.2) is 53.6 Å². The summed E-state index contributed by atoms with van der Waals surface area (Å²) >= 11 is 0. The molecule has 0 aromatic carbocycles. The molecule has 1 spiro atoms. The molecule has 2 aliphatic rings. The summed E-state index contributed by atoms with van der Waals surface area (Å²) in [5.41, 5.74) is -0.0363. The first-order valence-corrected chi connectivity index (χ1v) is 7.73. The van der Waals surface area contributed by atoms with Crippen molar-refractivity contribution in [3.63, 3.8) is 0 Å². The fourth-order valence-corrected chi connectivity index (χ4v) is 3.74. The molecule has 2 aliphatic heterocycles. The summed E-state index contributed by atoms with van der Waals surface area (Å²) in [5.74, 6) is 0.162. The van der Waals surface area contributed by atoms with Gasteiger partial charge in [0.25, 0.3) is 0 Å². The van der Waals surface area contributed by atoms with Crippen molar-refractivity contribution in [2.75, 3.05) is 26.3 Å². The molecule has 2 fully saturated rings. The molecule has 2 atom stereocenters. The van der Waals surface area contributed by atoms with Crippen LogP contribution in [0.25, 0.3) is 0 Å². The molecule has 0 unspecified atom stereocenters. The zero-order valence-corrected chi connectivity index (χ0v) is 12.3. The zero-order valence-electron chi connectivity index (χ0n) is 12.3. The van der Waals surface area contributed by atoms with Crippen molar-refractivity contribution in [1.82, 2.24) is 9.80 Å². The van der Waals surface area contributed by atoms with Gasteiger partial charge < -0.3 is 9.80 Å². The number of likely N-dealkylation sites (tertiary alicyclic amines) is 2. The molecule has 0 saturated carbocycles. The topological polar surface area (TPSA) is 23.6 Å². The first-order chi connectivity index (χ1) is 9.13. The SMILES string of the molecule is CC[C@@H](C)N1CCC[C@@]2(CCC(=O)N2CCF)CC1. The zero-order chi connectivity index (χ0) is 13.9. The van der Waals surface area contributed by atoms with Gasteiger partial charge in [0.05, 0.1) is 0 Å². The van der Waals surface area contributed by atoms with Crippen LogP contribution in [0.5, 0.6) is 0 Å². The van der Waals surface area contributed by atoms with E-state index in [1.54, 1.807) is 0 Å². The van der Waals surface area contributed by atoms with Gasteiger partial charge in [-0.25, -0.2) is 4.39 Å². The Hall–Kier alpha value is -0.640. The maximum absolute atomic E-state index is 12.7. The molecule has 4 heteroatoms. The Labute approximate surface area is 116 Å². The molecule has 0 N–H and O–H groups in total. The Kier molecular flexibility index (Phi) is 4.82. The second kappa shape index (κ2) is 6.21. The van der Waals surface area contributed by atoms with Crippen molar-refractivity contribution < 1.29 is 9.18 Å². The average Bonchev–Trinajstić information content (AvgIpc) is 2.62. The normalized spacial score (nSPS) is 30.9. The second-order valence-electron chi connectivity index (χ2n) is 6.11. The highest BCUT2D eigenvalue weighted by Gasteiger charge is 2.45. The van der Waals surface area contributed by atoms with E-state index >= 15 is 0 Å². The minimum atomic E-state index is -0.414. The van der Waals surface area contributed by atoms with Crippen molar-refractivity contribution in [3.8, 4) is 0 Å². The molecule has 110 valence electrons. The number of rotatable bonds is 4. The molecule has 0 aliphatic carbocycles. The highest BCUT2D eigenvalue weighted by molar-refractivity contribution is 5.79. The van der Waals surface area contributed by atoms with Gasteiger partial charge in [-0.1, -0.05) is 6.92 Å². The monoisotopic (exact) mass is 270 g/mol. The summed E-state index contributed by atoms with van der Waals surface area (Å²) in [6, 6.07) is 0.613. The molecule has 19 heavy (non-hydrogen) atoms. The molecule has 0 aromatic rings. The Morgan fingerprint density at radius 1 is 1.32 bits per heavy atom. The minimum Gasteiger partial charge on any atom is -0.334 e. The van der Waals surface area contributed by atoms with Gasteiger partial charge in [-0.3, -0.25) is 4.79 Å². The standard InChI is InChI=1S/C15H27FN2O/c1-3-13(2)17-10-4-6-15(8-11-17)7-5-14(19)18(15)12-9-16/h13H,3-12H2,1-2H3/t13-,15-/m1/s1. The number of carbonyl (C=O) groups is 1. The summed E-state index contributed by atoms with van der Waals surface area (Å²) in [6.07, 6.45) is 5.90. The number of halogens is 1. The van der Waals surface area contributed by atoms with Crippen molar-refractivity contribution >= 4 is 5.91 Å². The lowest BCUT2D eigenvalue weighted by Crippen LogP contribution is -2.47. The van der Waals surface area contributed by atoms with Crippen molar-refractivity contribution in [2.45, 2.75) is 64.0 Å². The lowest BCUT2D eigenvalue weighted by Gasteiger charge is -2.38. The number of carbonyl (C=O) groups excluding carboxylic acids is 1. The van der Waals surface area contributed by atoms with E-state index < -0.39 is 6.67 Å². The van der Waals surface area contributed by atoms with Gasteiger partial charge in [-0.2, -0.15) is 0 Å². The molecule has 2 heterocycles. The highest BCUT2D eigenvalue weighted by atomic mass is 19.1. The van der Waals surface area contributed by atoms with Crippen molar-refractivity contribution in [1.29, 1.82) is 0 Å². The predicted molar refractivity (Wildman–Crippen MR) is 74.8 cm³/mol. The van der Waals surface area contributed by atoms with Crippen LogP contribution in [-0.2, 0) is 4.79 Å². The number of nitrogens with zero attached hydrogens (tertiary/aromatic N) is 2. The van der Waals surface area contributed by atoms with Crippen LogP contribution in [0, 0.1) is 0 Å². The molecule has 2 saturated heterocycles. The first kappa shape index (κ1) is 14.8. The number of amides is 1. The third-order valence-corrected chi connectivity index (χ3v) is 5.15. The molecule has 2 rings (SSSR count). The van der Waals surface area contributed by atoms with Crippen LogP contribution in [0.1, 0.15) is 52.4 Å². The van der Waals surface area contributed by atoms with E-state index in [-0.39, 0.29) is 11.4 Å². The smallest absolute Gasteiger partial charge is 0.223 e. The van der Waals surface area contributed by atoms with E-state index in [1.165, 1.54) is 6.42 Å². The minimum absolute atomic E-state index is 0.0363. The Morgan fingerprint density at radius 2 is 2.11 bits per heavy atom. The van der Waals surface area contributed by atoms with Crippen molar-refractivity contribution in [2.24, 2.45) is 0 Å². The third kappa shape index (κ3) is 2.93. The molecule has 0 aromatic heterocycles. The lowest BCUT2D eigenvalue weighted by molar-refractivity contribution is -0.131. The molecular weight excluding hydrogens is 243 g/mol. The molecule has 0 bridgehead atoms. The largest absolute Gasteiger partial charge is 0.334 e. The van der Waals surface area contributed by atoms with Gasteiger partial charge in [0.2, 0.25) is 5.91 Å². The van der Waals surface area contributed by atoms with E-state index in [2.05, 4.69) is 18.7 Å². The van der Waals surface area contributed by atoms with E-state index in [0.29, 0.717) is 19.0 Å². The van der Waals surface area contributed by atoms with Crippen LogP contribution in [0.2, 0.25) is 0 Å². The first-order valence-electron chi connectivity index (χ1n) is 7.73. The van der Waals surface area contributed by atoms with E-state index in [1.807, 2.05) is 4.90 Å². The van der Waals surface area contributed by atoms with Crippen LogP contribution in [0.15, 0.2) is 0 Å². The maximum atomic E-state index is 12.7. The Balaban J connectivity index is 2.06. The molecule has 0 radical (unpaired) electrons. The summed E-state index contributed by atoms with van der Waals surface area (Å²) in [4.78, 5) is 16.4. The Bertz CT molecular complexity index is 323. The Morgan fingerprint density at radius 3 is 2.79 bits per heavy atom. The van der Waals surface area contributed by atoms with E-state index in [9.17, 15) is 9.18 Å². The number of hydrogen-bond acceptors (Lipinski definition) is 2. The lowest BCUT2D eigenvalue weighted by atomic mass is 9.88. The van der Waals surface area contributed by atoms with E-state index in [4.69, 9.17) is 0 Å². The van der Waals surface area contributed by atoms with Gasteiger partial charge in [0, 0.05) is 31.1 Å². The summed E-state index contributed by atoms with van der Waals surface area (Å²) in [5, 5.41) is 0. The van der Waals surface area contributed by atoms with Gasteiger partial charge in [-0.05, 0) is 45.6 Å². The average molecular weight is 270 g/mol. The summed E-state index contributed by atoms with van der Waals surface area (Å²) in [6.45, 7) is 6.54. The van der Waals surface area contributed by atoms with Crippen LogP contribution in [0.4, 0.5) is 4.39 Å². The number of alkyl halides is 1. The predicted octanol–water partition coefficient (Wildman–Crippen LogP) is 2.60. The fourth-order valence-electron chi connectivity index (χ4n) is 3.74. The van der Waals surface area contributed by atoms with Crippen LogP contribution < -0.4 is 0 Å². The van der Waals surface area contributed by atoms with Gasteiger partial charge in [-0.15, -0.1) is 0 Å². The van der Waals surface area contributed by atoms with Crippen LogP contribution in [0.3, 0.4) is 0 Å². The molecular formula is C15H27FN2O. The summed E-state index contributed by atoms with van der Waals surface area (Å²) in [7, 11) is 0. The molecule has 3 nitrogen and oxygen atoms in total. The van der Waals surface area contributed by atoms with Gasteiger partial charge >= 0.3 is 0 Å². The van der Waals surface area contributed by atoms with E-state index in [0.717, 1.165) is 38.8 Å². The summed E-state index contributed by atoms with van der Waals surface area (Å²) < 4.78 is 12.7. The second-order valence-corrected chi connectivity index (χ2v) is 6.11. The number of hydrogen-bond donors (Lipinski definition) is 0. The maximum Gasteiger partial charge on any atom is 0.223 e.